The van der Waals surface area contributed by atoms with Gasteiger partial charge in [0.05, 0.1) is 12.1 Å². The van der Waals surface area contributed by atoms with Gasteiger partial charge in [-0.05, 0) is 38.1 Å². The SMILES string of the molecule is O=C(Cc1csc(N2CCCC2=O)n1)N1CCCN(CC2CCCCC2)CC1. The lowest BCUT2D eigenvalue weighted by atomic mass is 9.89. The van der Waals surface area contributed by atoms with E-state index in [9.17, 15) is 9.59 Å². The Labute approximate surface area is 171 Å². The molecule has 0 unspecified atom stereocenters. The molecule has 4 rings (SSSR count). The summed E-state index contributed by atoms with van der Waals surface area (Å²) in [5, 5.41) is 2.69. The van der Waals surface area contributed by atoms with E-state index in [1.54, 1.807) is 4.90 Å². The van der Waals surface area contributed by atoms with E-state index in [2.05, 4.69) is 9.88 Å². The van der Waals surface area contributed by atoms with Gasteiger partial charge in [0.1, 0.15) is 0 Å². The number of thiazole rings is 1. The summed E-state index contributed by atoms with van der Waals surface area (Å²) >= 11 is 1.48. The van der Waals surface area contributed by atoms with E-state index >= 15 is 0 Å². The molecule has 3 aliphatic rings. The van der Waals surface area contributed by atoms with Gasteiger partial charge in [-0.1, -0.05) is 19.3 Å². The molecular formula is C21H32N4O2S. The number of carbonyl (C=O) groups is 2. The first-order chi connectivity index (χ1) is 13.7. The maximum absolute atomic E-state index is 12.8. The van der Waals surface area contributed by atoms with Gasteiger partial charge < -0.3 is 9.80 Å². The molecule has 0 radical (unpaired) electrons. The Hall–Kier alpha value is -1.47. The zero-order chi connectivity index (χ0) is 19.3. The third-order valence-corrected chi connectivity index (χ3v) is 7.27. The van der Waals surface area contributed by atoms with E-state index in [4.69, 9.17) is 0 Å². The Kier molecular flexibility index (Phi) is 6.62. The average Bonchev–Trinajstić information content (AvgIpc) is 3.26. The quantitative estimate of drug-likeness (QED) is 0.757. The fourth-order valence-corrected chi connectivity index (χ4v) is 5.62. The van der Waals surface area contributed by atoms with E-state index in [0.717, 1.165) is 62.3 Å². The average molecular weight is 405 g/mol. The molecule has 1 saturated carbocycles. The van der Waals surface area contributed by atoms with Gasteiger partial charge in [0.2, 0.25) is 11.8 Å². The number of hydrogen-bond donors (Lipinski definition) is 0. The number of hydrogen-bond acceptors (Lipinski definition) is 5. The molecule has 3 fully saturated rings. The monoisotopic (exact) mass is 404 g/mol. The fraction of sp³-hybridized carbons (Fsp3) is 0.762. The third-order valence-electron chi connectivity index (χ3n) is 6.36. The molecule has 1 aliphatic carbocycles. The smallest absolute Gasteiger partial charge is 0.228 e. The van der Waals surface area contributed by atoms with Crippen molar-refractivity contribution < 1.29 is 9.59 Å². The van der Waals surface area contributed by atoms with Crippen molar-refractivity contribution in [2.24, 2.45) is 5.92 Å². The first-order valence-corrected chi connectivity index (χ1v) is 11.8. The number of nitrogens with zero attached hydrogens (tertiary/aromatic N) is 4. The highest BCUT2D eigenvalue weighted by molar-refractivity contribution is 7.14. The molecule has 28 heavy (non-hydrogen) atoms. The molecule has 2 amide bonds. The molecule has 1 aromatic heterocycles. The van der Waals surface area contributed by atoms with Crippen molar-refractivity contribution in [3.05, 3.63) is 11.1 Å². The summed E-state index contributed by atoms with van der Waals surface area (Å²) in [6.07, 6.45) is 9.86. The molecule has 6 nitrogen and oxygen atoms in total. The van der Waals surface area contributed by atoms with Crippen molar-refractivity contribution in [1.29, 1.82) is 0 Å². The van der Waals surface area contributed by atoms with E-state index in [-0.39, 0.29) is 11.8 Å². The summed E-state index contributed by atoms with van der Waals surface area (Å²) in [7, 11) is 0. The van der Waals surface area contributed by atoms with Gasteiger partial charge in [-0.3, -0.25) is 14.5 Å². The molecule has 3 heterocycles. The van der Waals surface area contributed by atoms with Gasteiger partial charge in [0, 0.05) is 44.5 Å². The molecule has 2 saturated heterocycles. The first-order valence-electron chi connectivity index (χ1n) is 10.9. The van der Waals surface area contributed by atoms with E-state index in [1.165, 1.54) is 50.0 Å². The van der Waals surface area contributed by atoms with Crippen LogP contribution < -0.4 is 4.90 Å². The molecule has 1 aromatic rings. The second-order valence-electron chi connectivity index (χ2n) is 8.49. The van der Waals surface area contributed by atoms with Crippen molar-refractivity contribution in [3.8, 4) is 0 Å². The fourth-order valence-electron chi connectivity index (χ4n) is 4.76. The van der Waals surface area contributed by atoms with Crippen LogP contribution in [0.25, 0.3) is 0 Å². The zero-order valence-electron chi connectivity index (χ0n) is 16.8. The van der Waals surface area contributed by atoms with Crippen LogP contribution in [0.4, 0.5) is 5.13 Å². The standard InChI is InChI=1S/C21H32N4O2S/c26-19-8-4-11-25(19)21-22-18(16-28-21)14-20(27)24-10-5-9-23(12-13-24)15-17-6-2-1-3-7-17/h16-17H,1-15H2. The molecule has 0 atom stereocenters. The van der Waals surface area contributed by atoms with Crippen LogP contribution in [-0.4, -0.2) is 65.9 Å². The molecule has 0 N–H and O–H groups in total. The van der Waals surface area contributed by atoms with Gasteiger partial charge >= 0.3 is 0 Å². The number of carbonyl (C=O) groups excluding carboxylic acids is 2. The lowest BCUT2D eigenvalue weighted by Gasteiger charge is -2.28. The number of aromatic nitrogens is 1. The largest absolute Gasteiger partial charge is 0.341 e. The molecule has 0 bridgehead atoms. The molecule has 0 spiro atoms. The minimum absolute atomic E-state index is 0.151. The van der Waals surface area contributed by atoms with Crippen LogP contribution in [0.15, 0.2) is 5.38 Å². The van der Waals surface area contributed by atoms with Crippen LogP contribution in [-0.2, 0) is 16.0 Å². The summed E-state index contributed by atoms with van der Waals surface area (Å²) < 4.78 is 0. The minimum atomic E-state index is 0.151. The molecule has 0 aromatic carbocycles. The van der Waals surface area contributed by atoms with Crippen LogP contribution >= 0.6 is 11.3 Å². The second kappa shape index (κ2) is 9.35. The van der Waals surface area contributed by atoms with Gasteiger partial charge in [-0.2, -0.15) is 0 Å². The Balaban J connectivity index is 1.27. The molecule has 7 heteroatoms. The number of amides is 2. The van der Waals surface area contributed by atoms with Crippen LogP contribution in [0.3, 0.4) is 0 Å². The zero-order valence-corrected chi connectivity index (χ0v) is 17.6. The Morgan fingerprint density at radius 1 is 1.04 bits per heavy atom. The van der Waals surface area contributed by atoms with Crippen molar-refractivity contribution in [2.45, 2.75) is 57.8 Å². The van der Waals surface area contributed by atoms with Crippen LogP contribution in [0.5, 0.6) is 0 Å². The number of anilines is 1. The Bertz CT molecular complexity index is 686. The molecule has 154 valence electrons. The van der Waals surface area contributed by atoms with E-state index < -0.39 is 0 Å². The third kappa shape index (κ3) is 4.92. The molecule has 2 aliphatic heterocycles. The summed E-state index contributed by atoms with van der Waals surface area (Å²) in [6.45, 7) is 5.74. The van der Waals surface area contributed by atoms with Crippen molar-refractivity contribution >= 4 is 28.3 Å². The summed E-state index contributed by atoms with van der Waals surface area (Å²) in [5.41, 5.74) is 0.799. The van der Waals surface area contributed by atoms with Gasteiger partial charge in [-0.25, -0.2) is 4.98 Å². The predicted octanol–water partition coefficient (Wildman–Crippen LogP) is 2.93. The maximum Gasteiger partial charge on any atom is 0.228 e. The van der Waals surface area contributed by atoms with Crippen molar-refractivity contribution in [2.75, 3.05) is 44.2 Å². The molecular weight excluding hydrogens is 372 g/mol. The van der Waals surface area contributed by atoms with Crippen LogP contribution in [0.1, 0.15) is 57.1 Å². The van der Waals surface area contributed by atoms with Gasteiger partial charge in [0.25, 0.3) is 0 Å². The highest BCUT2D eigenvalue weighted by Crippen LogP contribution is 2.26. The minimum Gasteiger partial charge on any atom is -0.341 e. The van der Waals surface area contributed by atoms with E-state index in [0.29, 0.717) is 12.8 Å². The maximum atomic E-state index is 12.8. The van der Waals surface area contributed by atoms with Crippen molar-refractivity contribution in [1.82, 2.24) is 14.8 Å². The normalized spacial score (nSPS) is 22.6. The van der Waals surface area contributed by atoms with Crippen LogP contribution in [0.2, 0.25) is 0 Å². The Morgan fingerprint density at radius 2 is 1.89 bits per heavy atom. The highest BCUT2D eigenvalue weighted by Gasteiger charge is 2.26. The summed E-state index contributed by atoms with van der Waals surface area (Å²) in [4.78, 5) is 35.6. The highest BCUT2D eigenvalue weighted by atomic mass is 32.1. The lowest BCUT2D eigenvalue weighted by Crippen LogP contribution is -2.37. The van der Waals surface area contributed by atoms with Gasteiger partial charge in [0.15, 0.2) is 5.13 Å². The second-order valence-corrected chi connectivity index (χ2v) is 9.32. The van der Waals surface area contributed by atoms with Gasteiger partial charge in [-0.15, -0.1) is 11.3 Å². The summed E-state index contributed by atoms with van der Waals surface area (Å²) in [5.74, 6) is 1.18. The predicted molar refractivity (Wildman–Crippen MR) is 112 cm³/mol. The summed E-state index contributed by atoms with van der Waals surface area (Å²) in [6, 6.07) is 0. The van der Waals surface area contributed by atoms with Crippen molar-refractivity contribution in [3.63, 3.8) is 0 Å². The topological polar surface area (TPSA) is 56.8 Å². The lowest BCUT2D eigenvalue weighted by molar-refractivity contribution is -0.130. The number of rotatable bonds is 5. The Morgan fingerprint density at radius 3 is 2.68 bits per heavy atom. The first kappa shape index (κ1) is 19.8. The van der Waals surface area contributed by atoms with Crippen LogP contribution in [0, 0.1) is 5.92 Å². The van der Waals surface area contributed by atoms with E-state index in [1.807, 2.05) is 10.3 Å².